The highest BCUT2D eigenvalue weighted by atomic mass is 19.4. The molecule has 0 radical (unpaired) electrons. The molecule has 108 valence electrons. The number of hydrogen-bond acceptors (Lipinski definition) is 2. The molecule has 0 heterocycles. The van der Waals surface area contributed by atoms with E-state index in [0.29, 0.717) is 5.69 Å². The van der Waals surface area contributed by atoms with Crippen LogP contribution in [-0.4, -0.2) is 24.0 Å². The molecule has 0 aliphatic carbocycles. The molecular formula is C10H11F3N6O. The summed E-state index contributed by atoms with van der Waals surface area (Å²) in [4.78, 5) is 17.9. The van der Waals surface area contributed by atoms with E-state index in [1.54, 1.807) is 5.32 Å². The number of alkyl halides is 3. The molecule has 0 unspecified atom stereocenters. The zero-order valence-corrected chi connectivity index (χ0v) is 9.98. The lowest BCUT2D eigenvalue weighted by atomic mass is 10.3. The standard InChI is InChI=1S/C10H11F3N6O/c11-10(12,13)7(20)17-5-1-3-6(4-2-5)18-9(16)19-8(14)15/h1-4H,(H,17,20)(H6,14,15,16,18,19). The summed E-state index contributed by atoms with van der Waals surface area (Å²) in [5, 5.41) is 1.68. The van der Waals surface area contributed by atoms with Gasteiger partial charge in [-0.25, -0.2) is 4.99 Å². The van der Waals surface area contributed by atoms with Crippen LogP contribution >= 0.6 is 0 Å². The first-order valence-electron chi connectivity index (χ1n) is 5.10. The molecule has 0 aliphatic heterocycles. The van der Waals surface area contributed by atoms with E-state index in [-0.39, 0.29) is 17.6 Å². The van der Waals surface area contributed by atoms with E-state index in [4.69, 9.17) is 17.2 Å². The second-order valence-electron chi connectivity index (χ2n) is 3.51. The molecule has 0 spiro atoms. The summed E-state index contributed by atoms with van der Waals surface area (Å²) in [6, 6.07) is 5.12. The van der Waals surface area contributed by atoms with Crippen LogP contribution in [0, 0.1) is 0 Å². The Bertz CT molecular complexity index is 545. The fourth-order valence-electron chi connectivity index (χ4n) is 1.11. The molecular weight excluding hydrogens is 277 g/mol. The van der Waals surface area contributed by atoms with Crippen molar-refractivity contribution < 1.29 is 18.0 Å². The first-order chi connectivity index (χ1) is 9.18. The van der Waals surface area contributed by atoms with Crippen LogP contribution in [0.4, 0.5) is 24.5 Å². The van der Waals surface area contributed by atoms with Gasteiger partial charge in [0.15, 0.2) is 5.96 Å². The van der Waals surface area contributed by atoms with E-state index in [9.17, 15) is 18.0 Å². The summed E-state index contributed by atoms with van der Waals surface area (Å²) in [5.74, 6) is -2.55. The maximum absolute atomic E-state index is 12.0. The second kappa shape index (κ2) is 5.91. The summed E-state index contributed by atoms with van der Waals surface area (Å²) in [6.45, 7) is 0. The SMILES string of the molecule is NC(N)=NC(N)=Nc1ccc(NC(=O)C(F)(F)F)cc1. The van der Waals surface area contributed by atoms with Gasteiger partial charge in [-0.3, -0.25) is 4.79 Å². The number of halogens is 3. The third kappa shape index (κ3) is 4.84. The van der Waals surface area contributed by atoms with Gasteiger partial charge in [0.05, 0.1) is 5.69 Å². The third-order valence-corrected chi connectivity index (χ3v) is 1.87. The molecule has 1 rings (SSSR count). The Morgan fingerprint density at radius 3 is 2.10 bits per heavy atom. The Kier molecular flexibility index (Phi) is 4.51. The molecule has 0 atom stereocenters. The van der Waals surface area contributed by atoms with Gasteiger partial charge < -0.3 is 22.5 Å². The highest BCUT2D eigenvalue weighted by Crippen LogP contribution is 2.20. The first kappa shape index (κ1) is 15.3. The molecule has 0 aromatic heterocycles. The normalized spacial score (nSPS) is 11.8. The number of anilines is 1. The average Bonchev–Trinajstić information content (AvgIpc) is 2.29. The van der Waals surface area contributed by atoms with Crippen molar-refractivity contribution in [1.82, 2.24) is 0 Å². The number of hydrogen-bond donors (Lipinski definition) is 4. The number of nitrogens with zero attached hydrogens (tertiary/aromatic N) is 2. The highest BCUT2D eigenvalue weighted by molar-refractivity contribution is 5.95. The predicted octanol–water partition coefficient (Wildman–Crippen LogP) is 0.407. The molecule has 1 aromatic rings. The number of aliphatic imine (C=N–C) groups is 2. The Hall–Kier alpha value is -2.78. The van der Waals surface area contributed by atoms with Crippen molar-refractivity contribution in [3.63, 3.8) is 0 Å². The van der Waals surface area contributed by atoms with E-state index in [1.807, 2.05) is 0 Å². The van der Waals surface area contributed by atoms with Crippen LogP contribution < -0.4 is 22.5 Å². The summed E-state index contributed by atoms with van der Waals surface area (Å²) in [6.07, 6.45) is -4.95. The summed E-state index contributed by atoms with van der Waals surface area (Å²) < 4.78 is 36.1. The van der Waals surface area contributed by atoms with Gasteiger partial charge in [-0.15, -0.1) is 0 Å². The van der Waals surface area contributed by atoms with Gasteiger partial charge in [0.2, 0.25) is 5.96 Å². The van der Waals surface area contributed by atoms with E-state index in [1.165, 1.54) is 24.3 Å². The number of carbonyl (C=O) groups excluding carboxylic acids is 1. The van der Waals surface area contributed by atoms with E-state index in [0.717, 1.165) is 0 Å². The molecule has 7 nitrogen and oxygen atoms in total. The molecule has 0 aliphatic rings. The lowest BCUT2D eigenvalue weighted by molar-refractivity contribution is -0.167. The van der Waals surface area contributed by atoms with Gasteiger partial charge in [0, 0.05) is 5.69 Å². The number of nitrogens with one attached hydrogen (secondary N) is 1. The van der Waals surface area contributed by atoms with Crippen molar-refractivity contribution in [2.24, 2.45) is 27.2 Å². The molecule has 0 saturated heterocycles. The molecule has 1 amide bonds. The van der Waals surface area contributed by atoms with Crippen LogP contribution in [0.3, 0.4) is 0 Å². The first-order valence-corrected chi connectivity index (χ1v) is 5.10. The number of rotatable bonds is 2. The molecule has 1 aromatic carbocycles. The van der Waals surface area contributed by atoms with Crippen LogP contribution in [0.2, 0.25) is 0 Å². The zero-order chi connectivity index (χ0) is 15.3. The van der Waals surface area contributed by atoms with Gasteiger partial charge in [0.1, 0.15) is 0 Å². The Morgan fingerprint density at radius 2 is 1.65 bits per heavy atom. The van der Waals surface area contributed by atoms with Crippen molar-refractivity contribution in [3.8, 4) is 0 Å². The van der Waals surface area contributed by atoms with Crippen molar-refractivity contribution in [1.29, 1.82) is 0 Å². The van der Waals surface area contributed by atoms with Crippen molar-refractivity contribution >= 4 is 29.2 Å². The zero-order valence-electron chi connectivity index (χ0n) is 9.98. The van der Waals surface area contributed by atoms with E-state index < -0.39 is 12.1 Å². The minimum atomic E-state index is -4.95. The van der Waals surface area contributed by atoms with Crippen LogP contribution in [0.15, 0.2) is 34.3 Å². The monoisotopic (exact) mass is 288 g/mol. The maximum Gasteiger partial charge on any atom is 0.471 e. The fraction of sp³-hybridized carbons (Fsp3) is 0.100. The highest BCUT2D eigenvalue weighted by Gasteiger charge is 2.38. The van der Waals surface area contributed by atoms with Gasteiger partial charge in [-0.1, -0.05) is 0 Å². The van der Waals surface area contributed by atoms with Crippen LogP contribution in [0.1, 0.15) is 0 Å². The predicted molar refractivity (Wildman–Crippen MR) is 68.2 cm³/mol. The summed E-state index contributed by atoms with van der Waals surface area (Å²) >= 11 is 0. The Balaban J connectivity index is 2.80. The van der Waals surface area contributed by atoms with E-state index in [2.05, 4.69) is 9.98 Å². The number of guanidine groups is 2. The van der Waals surface area contributed by atoms with Crippen molar-refractivity contribution in [3.05, 3.63) is 24.3 Å². The largest absolute Gasteiger partial charge is 0.471 e. The lowest BCUT2D eigenvalue weighted by Gasteiger charge is -2.07. The minimum Gasteiger partial charge on any atom is -0.370 e. The number of carbonyl (C=O) groups is 1. The Labute approximate surface area is 111 Å². The van der Waals surface area contributed by atoms with Crippen LogP contribution in [0.5, 0.6) is 0 Å². The third-order valence-electron chi connectivity index (χ3n) is 1.87. The molecule has 7 N–H and O–H groups in total. The number of nitrogens with two attached hydrogens (primary N) is 3. The van der Waals surface area contributed by atoms with E-state index >= 15 is 0 Å². The van der Waals surface area contributed by atoms with Gasteiger partial charge in [0.25, 0.3) is 0 Å². The number of amides is 1. The summed E-state index contributed by atoms with van der Waals surface area (Å²) in [7, 11) is 0. The smallest absolute Gasteiger partial charge is 0.370 e. The quantitative estimate of drug-likeness (QED) is 0.463. The lowest BCUT2D eigenvalue weighted by Crippen LogP contribution is -2.29. The van der Waals surface area contributed by atoms with Gasteiger partial charge in [-0.05, 0) is 24.3 Å². The molecule has 0 bridgehead atoms. The topological polar surface area (TPSA) is 132 Å². The fourth-order valence-corrected chi connectivity index (χ4v) is 1.11. The molecule has 0 fully saturated rings. The van der Waals surface area contributed by atoms with Crippen molar-refractivity contribution in [2.45, 2.75) is 6.18 Å². The molecule has 10 heteroatoms. The molecule has 20 heavy (non-hydrogen) atoms. The molecule has 0 saturated carbocycles. The van der Waals surface area contributed by atoms with Gasteiger partial charge in [-0.2, -0.15) is 18.2 Å². The Morgan fingerprint density at radius 1 is 1.10 bits per heavy atom. The van der Waals surface area contributed by atoms with Crippen molar-refractivity contribution in [2.75, 3.05) is 5.32 Å². The maximum atomic E-state index is 12.0. The van der Waals surface area contributed by atoms with Crippen LogP contribution in [0.25, 0.3) is 0 Å². The minimum absolute atomic E-state index is 0.0355. The second-order valence-corrected chi connectivity index (χ2v) is 3.51. The summed E-state index contributed by atoms with van der Waals surface area (Å²) in [5.41, 5.74) is 15.8. The number of benzene rings is 1. The van der Waals surface area contributed by atoms with Crippen LogP contribution in [-0.2, 0) is 4.79 Å². The van der Waals surface area contributed by atoms with Gasteiger partial charge >= 0.3 is 12.1 Å². The average molecular weight is 288 g/mol.